The molecule has 0 bridgehead atoms. The molecule has 10 heteroatoms. The molecule has 1 aromatic heterocycles. The molecule has 0 aliphatic carbocycles. The minimum Gasteiger partial charge on any atom is -0.445 e. The van der Waals surface area contributed by atoms with Crippen LogP contribution in [0.1, 0.15) is 24.8 Å². The Hall–Kier alpha value is -3.27. The number of carbonyl (C=O) groups is 1. The van der Waals surface area contributed by atoms with Gasteiger partial charge in [-0.05, 0) is 60.2 Å². The van der Waals surface area contributed by atoms with Gasteiger partial charge in [-0.15, -0.1) is 10.2 Å². The fourth-order valence-corrected chi connectivity index (χ4v) is 5.30. The van der Waals surface area contributed by atoms with Crippen LogP contribution in [-0.4, -0.2) is 58.5 Å². The fraction of sp³-hybridized carbons (Fsp3) is 0.391. The van der Waals surface area contributed by atoms with Crippen molar-refractivity contribution < 1.29 is 17.9 Å². The number of benzene rings is 2. The largest absolute Gasteiger partial charge is 0.445 e. The molecule has 9 nitrogen and oxygen atoms in total. The van der Waals surface area contributed by atoms with Crippen LogP contribution in [0.3, 0.4) is 0 Å². The standard InChI is InChI=1S/C23H27N5O4S/c1-27-25-22(24-26-27)20-7-9-21(10-8-20)33(30,31)16-13-18-11-14-28(15-12-18)23(29)32-17-19-5-3-2-4-6-19/h2-10,18H,11-17H2,1H3. The smallest absolute Gasteiger partial charge is 0.410 e. The minimum absolute atomic E-state index is 0.0822. The third kappa shape index (κ3) is 5.95. The molecular weight excluding hydrogens is 442 g/mol. The maximum atomic E-state index is 12.8. The number of nitrogens with zero attached hydrogens (tertiary/aromatic N) is 5. The van der Waals surface area contributed by atoms with Crippen molar-refractivity contribution >= 4 is 15.9 Å². The monoisotopic (exact) mass is 469 g/mol. The lowest BCUT2D eigenvalue weighted by atomic mass is 9.95. The molecule has 4 rings (SSSR count). The number of rotatable bonds is 7. The molecule has 1 aliphatic rings. The molecule has 2 aromatic carbocycles. The molecule has 3 aromatic rings. The number of amides is 1. The lowest BCUT2D eigenvalue weighted by molar-refractivity contribution is 0.0820. The van der Waals surface area contributed by atoms with Crippen molar-refractivity contribution in [3.63, 3.8) is 0 Å². The first-order chi connectivity index (χ1) is 15.9. The molecular formula is C23H27N5O4S. The summed E-state index contributed by atoms with van der Waals surface area (Å²) >= 11 is 0. The van der Waals surface area contributed by atoms with E-state index < -0.39 is 9.84 Å². The number of ether oxygens (including phenoxy) is 1. The molecule has 33 heavy (non-hydrogen) atoms. The lowest BCUT2D eigenvalue weighted by Crippen LogP contribution is -2.39. The molecule has 0 radical (unpaired) electrons. The van der Waals surface area contributed by atoms with Gasteiger partial charge in [0.05, 0.1) is 17.7 Å². The van der Waals surface area contributed by atoms with Crippen LogP contribution in [0.25, 0.3) is 11.4 Å². The summed E-state index contributed by atoms with van der Waals surface area (Å²) in [5.41, 5.74) is 1.67. The molecule has 0 atom stereocenters. The quantitative estimate of drug-likeness (QED) is 0.523. The van der Waals surface area contributed by atoms with Crippen molar-refractivity contribution in [2.24, 2.45) is 13.0 Å². The Bertz CT molecular complexity index is 1170. The van der Waals surface area contributed by atoms with Gasteiger partial charge in [-0.1, -0.05) is 30.3 Å². The summed E-state index contributed by atoms with van der Waals surface area (Å²) < 4.78 is 31.0. The average molecular weight is 470 g/mol. The van der Waals surface area contributed by atoms with Crippen LogP contribution < -0.4 is 0 Å². The van der Waals surface area contributed by atoms with Crippen LogP contribution in [0.15, 0.2) is 59.5 Å². The van der Waals surface area contributed by atoms with Gasteiger partial charge in [0.25, 0.3) is 0 Å². The Morgan fingerprint density at radius 2 is 1.76 bits per heavy atom. The average Bonchev–Trinajstić information content (AvgIpc) is 3.28. The number of tetrazole rings is 1. The van der Waals surface area contributed by atoms with E-state index in [2.05, 4.69) is 15.4 Å². The van der Waals surface area contributed by atoms with E-state index in [9.17, 15) is 13.2 Å². The van der Waals surface area contributed by atoms with Crippen molar-refractivity contribution in [3.8, 4) is 11.4 Å². The summed E-state index contributed by atoms with van der Waals surface area (Å²) in [5, 5.41) is 11.9. The first kappa shape index (κ1) is 22.9. The Morgan fingerprint density at radius 1 is 1.06 bits per heavy atom. The highest BCUT2D eigenvalue weighted by molar-refractivity contribution is 7.91. The summed E-state index contributed by atoms with van der Waals surface area (Å²) in [6.45, 7) is 1.42. The second-order valence-corrected chi connectivity index (χ2v) is 10.3. The van der Waals surface area contributed by atoms with Crippen LogP contribution in [0, 0.1) is 5.92 Å². The predicted octanol–water partition coefficient (Wildman–Crippen LogP) is 3.09. The highest BCUT2D eigenvalue weighted by Gasteiger charge is 2.25. The van der Waals surface area contributed by atoms with E-state index in [0.717, 1.165) is 18.4 Å². The van der Waals surface area contributed by atoms with Crippen LogP contribution in [0.4, 0.5) is 4.79 Å². The molecule has 0 spiro atoms. The zero-order chi connectivity index (χ0) is 23.3. The van der Waals surface area contributed by atoms with Crippen LogP contribution in [-0.2, 0) is 28.2 Å². The maximum Gasteiger partial charge on any atom is 0.410 e. The number of sulfone groups is 1. The highest BCUT2D eigenvalue weighted by Crippen LogP contribution is 2.24. The van der Waals surface area contributed by atoms with Crippen LogP contribution in [0.5, 0.6) is 0 Å². The van der Waals surface area contributed by atoms with Gasteiger partial charge in [0.2, 0.25) is 5.82 Å². The zero-order valence-corrected chi connectivity index (χ0v) is 19.3. The summed E-state index contributed by atoms with van der Waals surface area (Å²) in [6, 6.07) is 16.1. The Balaban J connectivity index is 1.23. The number of hydrogen-bond donors (Lipinski definition) is 0. The van der Waals surface area contributed by atoms with Crippen molar-refractivity contribution in [2.45, 2.75) is 30.8 Å². The van der Waals surface area contributed by atoms with E-state index in [0.29, 0.717) is 30.9 Å². The molecule has 1 fully saturated rings. The lowest BCUT2D eigenvalue weighted by Gasteiger charge is -2.31. The second-order valence-electron chi connectivity index (χ2n) is 8.21. The second kappa shape index (κ2) is 10.1. The number of likely N-dealkylation sites (tertiary alicyclic amines) is 1. The van der Waals surface area contributed by atoms with Gasteiger partial charge in [-0.25, -0.2) is 13.2 Å². The van der Waals surface area contributed by atoms with Gasteiger partial charge >= 0.3 is 6.09 Å². The number of carbonyl (C=O) groups excluding carboxylic acids is 1. The van der Waals surface area contributed by atoms with Crippen LogP contribution >= 0.6 is 0 Å². The SMILES string of the molecule is Cn1nnc(-c2ccc(S(=O)(=O)CCC3CCN(C(=O)OCc4ccccc4)CC3)cc2)n1. The third-order valence-corrected chi connectivity index (χ3v) is 7.62. The Labute approximate surface area is 193 Å². The van der Waals surface area contributed by atoms with Crippen molar-refractivity contribution in [3.05, 3.63) is 60.2 Å². The van der Waals surface area contributed by atoms with Gasteiger partial charge in [0, 0.05) is 18.7 Å². The topological polar surface area (TPSA) is 107 Å². The number of aryl methyl sites for hydroxylation is 1. The van der Waals surface area contributed by atoms with Gasteiger partial charge < -0.3 is 9.64 Å². The van der Waals surface area contributed by atoms with Crippen molar-refractivity contribution in [1.82, 2.24) is 25.1 Å². The molecule has 174 valence electrons. The van der Waals surface area contributed by atoms with Crippen molar-refractivity contribution in [1.29, 1.82) is 0 Å². The molecule has 1 aliphatic heterocycles. The van der Waals surface area contributed by atoms with Gasteiger partial charge in [0.15, 0.2) is 9.84 Å². The predicted molar refractivity (Wildman–Crippen MR) is 122 cm³/mol. The molecule has 0 unspecified atom stereocenters. The van der Waals surface area contributed by atoms with E-state index >= 15 is 0 Å². The van der Waals surface area contributed by atoms with Crippen molar-refractivity contribution in [2.75, 3.05) is 18.8 Å². The maximum absolute atomic E-state index is 12.8. The Morgan fingerprint density at radius 3 is 2.39 bits per heavy atom. The van der Waals surface area contributed by atoms with Gasteiger partial charge in [-0.3, -0.25) is 0 Å². The molecule has 0 N–H and O–H groups in total. The molecule has 1 amide bonds. The summed E-state index contributed by atoms with van der Waals surface area (Å²) in [4.78, 5) is 15.7. The van der Waals surface area contributed by atoms with E-state index in [-0.39, 0.29) is 29.3 Å². The first-order valence-corrected chi connectivity index (χ1v) is 12.6. The molecule has 0 saturated carbocycles. The van der Waals surface area contributed by atoms with E-state index in [1.165, 1.54) is 4.80 Å². The first-order valence-electron chi connectivity index (χ1n) is 10.9. The fourth-order valence-electron chi connectivity index (χ4n) is 3.87. The minimum atomic E-state index is -3.39. The summed E-state index contributed by atoms with van der Waals surface area (Å²) in [7, 11) is -1.72. The zero-order valence-electron chi connectivity index (χ0n) is 18.5. The highest BCUT2D eigenvalue weighted by atomic mass is 32.2. The van der Waals surface area contributed by atoms with Gasteiger partial charge in [0.1, 0.15) is 6.61 Å². The van der Waals surface area contributed by atoms with Gasteiger partial charge in [-0.2, -0.15) is 4.80 Å². The number of hydrogen-bond acceptors (Lipinski definition) is 7. The molecule has 2 heterocycles. The van der Waals surface area contributed by atoms with Crippen LogP contribution in [0.2, 0.25) is 0 Å². The summed E-state index contributed by atoms with van der Waals surface area (Å²) in [5.74, 6) is 0.801. The van der Waals surface area contributed by atoms with E-state index in [1.807, 2.05) is 30.3 Å². The third-order valence-electron chi connectivity index (χ3n) is 5.85. The van der Waals surface area contributed by atoms with E-state index in [1.54, 1.807) is 36.2 Å². The Kier molecular flexibility index (Phi) is 7.02. The number of aromatic nitrogens is 4. The summed E-state index contributed by atoms with van der Waals surface area (Å²) in [6.07, 6.45) is 1.80. The normalized spacial score (nSPS) is 14.9. The van der Waals surface area contributed by atoms with E-state index in [4.69, 9.17) is 4.74 Å². The molecule has 1 saturated heterocycles. The number of piperidine rings is 1.